The van der Waals surface area contributed by atoms with Crippen LogP contribution in [0, 0.1) is 6.92 Å². The summed E-state index contributed by atoms with van der Waals surface area (Å²) in [5.74, 6) is 1.18. The van der Waals surface area contributed by atoms with Crippen LogP contribution in [0.2, 0.25) is 0 Å². The highest BCUT2D eigenvalue weighted by molar-refractivity contribution is 8.00. The third-order valence-corrected chi connectivity index (χ3v) is 6.18. The molecule has 2 aromatic carbocycles. The fourth-order valence-electron chi connectivity index (χ4n) is 2.67. The van der Waals surface area contributed by atoms with Crippen LogP contribution in [0.25, 0.3) is 10.4 Å². The Kier molecular flexibility index (Phi) is 5.27. The molecule has 0 saturated heterocycles. The van der Waals surface area contributed by atoms with E-state index in [0.29, 0.717) is 6.04 Å². The fraction of sp³-hybridized carbons (Fsp3) is 0.250. The second-order valence-electron chi connectivity index (χ2n) is 6.07. The van der Waals surface area contributed by atoms with Crippen molar-refractivity contribution in [2.75, 3.05) is 11.6 Å². The lowest BCUT2D eigenvalue weighted by molar-refractivity contribution is -0.731. The summed E-state index contributed by atoms with van der Waals surface area (Å²) in [6.07, 6.45) is 2.15. The number of thiazole rings is 1. The van der Waals surface area contributed by atoms with Crippen LogP contribution in [-0.4, -0.2) is 6.26 Å². The molecule has 0 spiro atoms. The molecule has 0 atom stereocenters. The zero-order valence-corrected chi connectivity index (χ0v) is 16.2. The van der Waals surface area contributed by atoms with Crippen LogP contribution in [0.4, 0.5) is 11.5 Å². The molecular formula is C20H23N2S2+. The van der Waals surface area contributed by atoms with Crippen LogP contribution in [0.15, 0.2) is 58.9 Å². The van der Waals surface area contributed by atoms with Crippen molar-refractivity contribution in [1.82, 2.24) is 0 Å². The number of thioether (sulfide) groups is 1. The number of hydrogen-bond acceptors (Lipinski definition) is 3. The summed E-state index contributed by atoms with van der Waals surface area (Å²) in [6, 6.07) is 19.6. The van der Waals surface area contributed by atoms with Crippen molar-refractivity contribution in [2.24, 2.45) is 0 Å². The predicted octanol–water partition coefficient (Wildman–Crippen LogP) is 6.06. The van der Waals surface area contributed by atoms with Gasteiger partial charge in [-0.3, -0.25) is 0 Å². The van der Waals surface area contributed by atoms with Crippen LogP contribution in [0.3, 0.4) is 0 Å². The topological polar surface area (TPSA) is 15.9 Å². The molecule has 0 saturated carbocycles. The first-order valence-corrected chi connectivity index (χ1v) is 10.2. The molecular weight excluding hydrogens is 332 g/mol. The van der Waals surface area contributed by atoms with Crippen molar-refractivity contribution in [3.05, 3.63) is 60.2 Å². The lowest BCUT2D eigenvalue weighted by Gasteiger charge is -2.09. The van der Waals surface area contributed by atoms with E-state index in [-0.39, 0.29) is 0 Å². The van der Waals surface area contributed by atoms with E-state index >= 15 is 0 Å². The standard InChI is InChI=1S/C20H23N2S2/c1-14(2)22-19(21-17-12-10-15(3)11-13-17)18(24-20(22)23-4)16-8-6-5-7-9-16/h5-14,21H,1-4H3/q+1. The second-order valence-corrected chi connectivity index (χ2v) is 8.12. The van der Waals surface area contributed by atoms with E-state index in [2.05, 4.69) is 91.5 Å². The molecule has 0 bridgehead atoms. The Hall–Kier alpha value is -1.78. The Balaban J connectivity index is 2.13. The molecule has 0 aliphatic heterocycles. The van der Waals surface area contributed by atoms with Crippen LogP contribution in [0.1, 0.15) is 25.5 Å². The molecule has 3 rings (SSSR count). The number of aryl methyl sites for hydroxylation is 1. The van der Waals surface area contributed by atoms with E-state index in [1.54, 1.807) is 0 Å². The van der Waals surface area contributed by atoms with Gasteiger partial charge in [-0.2, -0.15) is 0 Å². The second kappa shape index (κ2) is 7.41. The molecule has 124 valence electrons. The van der Waals surface area contributed by atoms with Gasteiger partial charge in [0.2, 0.25) is 4.34 Å². The molecule has 1 aromatic heterocycles. The lowest BCUT2D eigenvalue weighted by Crippen LogP contribution is -2.38. The maximum absolute atomic E-state index is 3.66. The molecule has 0 aliphatic carbocycles. The Morgan fingerprint density at radius 1 is 1.00 bits per heavy atom. The third kappa shape index (κ3) is 3.50. The van der Waals surface area contributed by atoms with Gasteiger partial charge in [-0.1, -0.05) is 71.1 Å². The van der Waals surface area contributed by atoms with Gasteiger partial charge in [0.15, 0.2) is 0 Å². The highest BCUT2D eigenvalue weighted by Gasteiger charge is 2.27. The summed E-state index contributed by atoms with van der Waals surface area (Å²) in [7, 11) is 0. The van der Waals surface area contributed by atoms with Crippen LogP contribution < -0.4 is 9.88 Å². The highest BCUT2D eigenvalue weighted by atomic mass is 32.2. The zero-order valence-electron chi connectivity index (χ0n) is 14.5. The van der Waals surface area contributed by atoms with Gasteiger partial charge in [0.05, 0.1) is 6.04 Å². The van der Waals surface area contributed by atoms with E-state index in [0.717, 1.165) is 5.69 Å². The molecule has 1 heterocycles. The zero-order chi connectivity index (χ0) is 17.1. The Bertz CT molecular complexity index is 806. The Morgan fingerprint density at radius 2 is 1.67 bits per heavy atom. The molecule has 0 aliphatic rings. The molecule has 2 nitrogen and oxygen atoms in total. The number of benzene rings is 2. The van der Waals surface area contributed by atoms with Crippen LogP contribution in [-0.2, 0) is 0 Å². The number of nitrogens with zero attached hydrogens (tertiary/aromatic N) is 1. The number of nitrogens with one attached hydrogen (secondary N) is 1. The molecule has 3 aromatic rings. The number of aromatic nitrogens is 1. The maximum atomic E-state index is 3.66. The van der Waals surface area contributed by atoms with Crippen LogP contribution in [0.5, 0.6) is 0 Å². The van der Waals surface area contributed by atoms with Crippen molar-refractivity contribution in [2.45, 2.75) is 31.2 Å². The Morgan fingerprint density at radius 3 is 2.25 bits per heavy atom. The van der Waals surface area contributed by atoms with Gasteiger partial charge in [-0.15, -0.1) is 0 Å². The molecule has 0 unspecified atom stereocenters. The van der Waals surface area contributed by atoms with Gasteiger partial charge in [-0.05, 0) is 39.2 Å². The SMILES string of the molecule is CSc1sc(-c2ccccc2)c(Nc2ccc(C)cc2)[n+]1C(C)C. The summed E-state index contributed by atoms with van der Waals surface area (Å²) in [4.78, 5) is 1.29. The minimum Gasteiger partial charge on any atom is -0.239 e. The monoisotopic (exact) mass is 355 g/mol. The first-order valence-electron chi connectivity index (χ1n) is 8.11. The number of hydrogen-bond donors (Lipinski definition) is 1. The van der Waals surface area contributed by atoms with Crippen molar-refractivity contribution in [3.8, 4) is 10.4 Å². The molecule has 24 heavy (non-hydrogen) atoms. The minimum atomic E-state index is 0.397. The summed E-state index contributed by atoms with van der Waals surface area (Å²) in [6.45, 7) is 6.59. The van der Waals surface area contributed by atoms with Gasteiger partial charge >= 0.3 is 0 Å². The highest BCUT2D eigenvalue weighted by Crippen LogP contribution is 2.38. The van der Waals surface area contributed by atoms with Gasteiger partial charge in [0, 0.05) is 5.56 Å². The first-order chi connectivity index (χ1) is 11.6. The number of anilines is 2. The van der Waals surface area contributed by atoms with E-state index < -0.39 is 0 Å². The van der Waals surface area contributed by atoms with Crippen LogP contribution >= 0.6 is 23.1 Å². The predicted molar refractivity (Wildman–Crippen MR) is 107 cm³/mol. The minimum absolute atomic E-state index is 0.397. The Labute approximate surface area is 152 Å². The fourth-order valence-corrected chi connectivity index (χ4v) is 4.83. The quantitative estimate of drug-likeness (QED) is 0.442. The van der Waals surface area contributed by atoms with Crippen molar-refractivity contribution >= 4 is 34.6 Å². The molecule has 0 radical (unpaired) electrons. The van der Waals surface area contributed by atoms with E-state index in [1.165, 1.54) is 26.2 Å². The normalized spacial score (nSPS) is 11.0. The molecule has 0 fully saturated rings. The largest absolute Gasteiger partial charge is 0.299 e. The smallest absolute Gasteiger partial charge is 0.239 e. The molecule has 4 heteroatoms. The summed E-state index contributed by atoms with van der Waals surface area (Å²) >= 11 is 3.66. The summed E-state index contributed by atoms with van der Waals surface area (Å²) < 4.78 is 3.72. The molecule has 0 amide bonds. The third-order valence-electron chi connectivity index (χ3n) is 3.88. The van der Waals surface area contributed by atoms with Crippen molar-refractivity contribution < 1.29 is 4.57 Å². The van der Waals surface area contributed by atoms with E-state index in [4.69, 9.17) is 0 Å². The van der Waals surface area contributed by atoms with Gasteiger partial charge < -0.3 is 0 Å². The maximum Gasteiger partial charge on any atom is 0.299 e. The van der Waals surface area contributed by atoms with Crippen molar-refractivity contribution in [1.29, 1.82) is 0 Å². The van der Waals surface area contributed by atoms with Gasteiger partial charge in [-0.25, -0.2) is 9.88 Å². The van der Waals surface area contributed by atoms with E-state index in [9.17, 15) is 0 Å². The first kappa shape index (κ1) is 17.1. The van der Waals surface area contributed by atoms with Gasteiger partial charge in [0.1, 0.15) is 10.6 Å². The average Bonchev–Trinajstić information content (AvgIpc) is 2.96. The van der Waals surface area contributed by atoms with E-state index in [1.807, 2.05) is 23.1 Å². The summed E-state index contributed by atoms with van der Waals surface area (Å²) in [5, 5.41) is 3.66. The van der Waals surface area contributed by atoms with Crippen molar-refractivity contribution in [3.63, 3.8) is 0 Å². The lowest BCUT2D eigenvalue weighted by atomic mass is 10.2. The number of rotatable bonds is 5. The summed E-state index contributed by atoms with van der Waals surface area (Å²) in [5.41, 5.74) is 3.65. The average molecular weight is 356 g/mol. The van der Waals surface area contributed by atoms with Gasteiger partial charge in [0.25, 0.3) is 5.82 Å². The molecule has 1 N–H and O–H groups in total.